The Morgan fingerprint density at radius 2 is 1.77 bits per heavy atom. The van der Waals surface area contributed by atoms with Gasteiger partial charge in [0.25, 0.3) is 0 Å². The van der Waals surface area contributed by atoms with Crippen LogP contribution in [0.25, 0.3) is 10.8 Å². The van der Waals surface area contributed by atoms with Gasteiger partial charge in [-0.3, -0.25) is 0 Å². The second kappa shape index (κ2) is 3.00. The molecule has 0 spiro atoms. The van der Waals surface area contributed by atoms with Crippen LogP contribution in [0.5, 0.6) is 5.75 Å². The number of phenolic OH excluding ortho intramolecular Hbond substituents is 1. The molecule has 0 saturated heterocycles. The molecular formula is C10H6BrFO. The Morgan fingerprint density at radius 1 is 1.15 bits per heavy atom. The van der Waals surface area contributed by atoms with Gasteiger partial charge in [0.15, 0.2) is 0 Å². The van der Waals surface area contributed by atoms with Crippen molar-refractivity contribution in [1.29, 1.82) is 0 Å². The average molecular weight is 241 g/mol. The first kappa shape index (κ1) is 8.51. The van der Waals surface area contributed by atoms with E-state index in [2.05, 4.69) is 15.9 Å². The number of hydrogen-bond acceptors (Lipinski definition) is 1. The molecule has 0 unspecified atom stereocenters. The van der Waals surface area contributed by atoms with Crippen LogP contribution < -0.4 is 0 Å². The molecule has 66 valence electrons. The number of rotatable bonds is 0. The van der Waals surface area contributed by atoms with Crippen molar-refractivity contribution in [2.24, 2.45) is 0 Å². The van der Waals surface area contributed by atoms with Crippen LogP contribution in [0, 0.1) is 5.82 Å². The van der Waals surface area contributed by atoms with Crippen LogP contribution in [-0.2, 0) is 0 Å². The smallest absolute Gasteiger partial charge is 0.141 e. The Kier molecular flexibility index (Phi) is 1.96. The number of benzene rings is 2. The number of hydrogen-bond donors (Lipinski definition) is 1. The molecule has 0 aliphatic heterocycles. The monoisotopic (exact) mass is 240 g/mol. The van der Waals surface area contributed by atoms with Gasteiger partial charge in [-0.15, -0.1) is 0 Å². The van der Waals surface area contributed by atoms with Crippen molar-refractivity contribution in [2.45, 2.75) is 0 Å². The van der Waals surface area contributed by atoms with E-state index in [1.54, 1.807) is 24.3 Å². The van der Waals surface area contributed by atoms with Crippen molar-refractivity contribution in [3.63, 3.8) is 0 Å². The maximum Gasteiger partial charge on any atom is 0.141 e. The van der Waals surface area contributed by atoms with Crippen LogP contribution in [0.2, 0.25) is 0 Å². The highest BCUT2D eigenvalue weighted by atomic mass is 79.9. The van der Waals surface area contributed by atoms with E-state index in [9.17, 15) is 9.50 Å². The Bertz CT molecular complexity index is 468. The Hall–Kier alpha value is -1.09. The lowest BCUT2D eigenvalue weighted by Crippen LogP contribution is -1.81. The SMILES string of the molecule is Oc1cc(F)c(Br)c2ccccc12. The molecule has 0 aromatic heterocycles. The molecule has 2 aromatic carbocycles. The molecule has 0 fully saturated rings. The Balaban J connectivity index is 2.97. The van der Waals surface area contributed by atoms with Gasteiger partial charge in [0.05, 0.1) is 4.47 Å². The third-order valence-electron chi connectivity index (χ3n) is 1.91. The Morgan fingerprint density at radius 3 is 2.46 bits per heavy atom. The quantitative estimate of drug-likeness (QED) is 0.748. The van der Waals surface area contributed by atoms with Gasteiger partial charge in [-0.05, 0) is 15.9 Å². The summed E-state index contributed by atoms with van der Waals surface area (Å²) in [6.07, 6.45) is 0. The topological polar surface area (TPSA) is 20.2 Å². The maximum atomic E-state index is 13.1. The fraction of sp³-hybridized carbons (Fsp3) is 0. The summed E-state index contributed by atoms with van der Waals surface area (Å²) in [6.45, 7) is 0. The van der Waals surface area contributed by atoms with Gasteiger partial charge in [0.1, 0.15) is 11.6 Å². The van der Waals surface area contributed by atoms with E-state index in [1.165, 1.54) is 0 Å². The number of phenols is 1. The van der Waals surface area contributed by atoms with E-state index in [-0.39, 0.29) is 5.75 Å². The standard InChI is InChI=1S/C10H6BrFO/c11-10-7-4-2-1-3-6(7)9(13)5-8(10)12/h1-5,13H. The van der Waals surface area contributed by atoms with Gasteiger partial charge in [-0.1, -0.05) is 24.3 Å². The lowest BCUT2D eigenvalue weighted by molar-refractivity contribution is 0.475. The van der Waals surface area contributed by atoms with Crippen LogP contribution >= 0.6 is 15.9 Å². The predicted molar refractivity (Wildman–Crippen MR) is 53.3 cm³/mol. The zero-order chi connectivity index (χ0) is 9.42. The molecule has 0 heterocycles. The van der Waals surface area contributed by atoms with Crippen LogP contribution in [0.1, 0.15) is 0 Å². The average Bonchev–Trinajstić information content (AvgIpc) is 2.15. The molecule has 0 aliphatic carbocycles. The highest BCUT2D eigenvalue weighted by Crippen LogP contribution is 2.32. The summed E-state index contributed by atoms with van der Waals surface area (Å²) < 4.78 is 13.5. The molecule has 2 rings (SSSR count). The zero-order valence-electron chi connectivity index (χ0n) is 6.59. The summed E-state index contributed by atoms with van der Waals surface area (Å²) in [4.78, 5) is 0. The van der Waals surface area contributed by atoms with Crippen molar-refractivity contribution in [3.05, 3.63) is 40.6 Å². The van der Waals surface area contributed by atoms with Crippen molar-refractivity contribution >= 4 is 26.7 Å². The largest absolute Gasteiger partial charge is 0.507 e. The molecule has 1 N–H and O–H groups in total. The molecule has 13 heavy (non-hydrogen) atoms. The van der Waals surface area contributed by atoms with E-state index >= 15 is 0 Å². The van der Waals surface area contributed by atoms with Gasteiger partial charge in [0, 0.05) is 16.8 Å². The summed E-state index contributed by atoms with van der Waals surface area (Å²) in [5, 5.41) is 10.7. The lowest BCUT2D eigenvalue weighted by atomic mass is 10.1. The molecule has 0 radical (unpaired) electrons. The van der Waals surface area contributed by atoms with Crippen LogP contribution in [0.15, 0.2) is 34.8 Å². The first-order chi connectivity index (χ1) is 6.20. The minimum absolute atomic E-state index is 0.0312. The van der Waals surface area contributed by atoms with E-state index in [4.69, 9.17) is 0 Å². The number of halogens is 2. The molecule has 2 aromatic rings. The molecule has 0 saturated carbocycles. The fourth-order valence-electron chi connectivity index (χ4n) is 1.29. The first-order valence-corrected chi connectivity index (χ1v) is 4.55. The van der Waals surface area contributed by atoms with Gasteiger partial charge in [-0.2, -0.15) is 0 Å². The highest BCUT2D eigenvalue weighted by Gasteiger charge is 2.07. The minimum Gasteiger partial charge on any atom is -0.507 e. The van der Waals surface area contributed by atoms with Gasteiger partial charge in [0.2, 0.25) is 0 Å². The van der Waals surface area contributed by atoms with Gasteiger partial charge in [-0.25, -0.2) is 4.39 Å². The Labute approximate surface area is 82.9 Å². The summed E-state index contributed by atoms with van der Waals surface area (Å²) >= 11 is 3.13. The van der Waals surface area contributed by atoms with Crippen molar-refractivity contribution in [3.8, 4) is 5.75 Å². The molecule has 0 atom stereocenters. The molecule has 0 bridgehead atoms. The normalized spacial score (nSPS) is 10.6. The summed E-state index contributed by atoms with van der Waals surface area (Å²) in [6, 6.07) is 8.20. The number of aromatic hydroxyl groups is 1. The van der Waals surface area contributed by atoms with Crippen molar-refractivity contribution in [2.75, 3.05) is 0 Å². The van der Waals surface area contributed by atoms with Crippen LogP contribution in [-0.4, -0.2) is 5.11 Å². The van der Waals surface area contributed by atoms with Crippen molar-refractivity contribution < 1.29 is 9.50 Å². The second-order valence-electron chi connectivity index (χ2n) is 2.74. The van der Waals surface area contributed by atoms with E-state index < -0.39 is 5.82 Å². The van der Waals surface area contributed by atoms with Crippen LogP contribution in [0.3, 0.4) is 0 Å². The predicted octanol–water partition coefficient (Wildman–Crippen LogP) is 3.45. The third kappa shape index (κ3) is 1.29. The van der Waals surface area contributed by atoms with Gasteiger partial charge >= 0.3 is 0 Å². The number of fused-ring (bicyclic) bond motifs is 1. The van der Waals surface area contributed by atoms with Crippen LogP contribution in [0.4, 0.5) is 4.39 Å². The second-order valence-corrected chi connectivity index (χ2v) is 3.53. The van der Waals surface area contributed by atoms with Gasteiger partial charge < -0.3 is 5.11 Å². The minimum atomic E-state index is -0.448. The fourth-order valence-corrected chi connectivity index (χ4v) is 1.75. The summed E-state index contributed by atoms with van der Waals surface area (Å²) in [5.41, 5.74) is 0. The maximum absolute atomic E-state index is 13.1. The highest BCUT2D eigenvalue weighted by molar-refractivity contribution is 9.10. The van der Waals surface area contributed by atoms with E-state index in [0.717, 1.165) is 6.07 Å². The molecule has 0 amide bonds. The zero-order valence-corrected chi connectivity index (χ0v) is 8.18. The van der Waals surface area contributed by atoms with E-state index in [0.29, 0.717) is 15.2 Å². The summed E-state index contributed by atoms with van der Waals surface area (Å²) in [7, 11) is 0. The molecular weight excluding hydrogens is 235 g/mol. The third-order valence-corrected chi connectivity index (χ3v) is 2.72. The summed E-state index contributed by atoms with van der Waals surface area (Å²) in [5.74, 6) is -0.479. The lowest BCUT2D eigenvalue weighted by Gasteiger charge is -2.03. The molecule has 1 nitrogen and oxygen atoms in total. The van der Waals surface area contributed by atoms with E-state index in [1.807, 2.05) is 0 Å². The molecule has 0 aliphatic rings. The van der Waals surface area contributed by atoms with Crippen molar-refractivity contribution in [1.82, 2.24) is 0 Å². The molecule has 3 heteroatoms. The first-order valence-electron chi connectivity index (χ1n) is 3.76.